The fourth-order valence-corrected chi connectivity index (χ4v) is 3.12. The van der Waals surface area contributed by atoms with Crippen LogP contribution >= 0.6 is 11.8 Å². The first-order chi connectivity index (χ1) is 9.15. The number of carbonyl (C=O) groups excluding carboxylic acids is 2. The van der Waals surface area contributed by atoms with Crippen molar-refractivity contribution >= 4 is 23.0 Å². The Labute approximate surface area is 116 Å². The fraction of sp³-hybridized carbons (Fsp3) is 0.429. The summed E-state index contributed by atoms with van der Waals surface area (Å²) in [5, 5.41) is -0.308. The molecule has 1 aromatic carbocycles. The minimum atomic E-state index is -0.308. The van der Waals surface area contributed by atoms with E-state index in [9.17, 15) is 9.59 Å². The molecule has 19 heavy (non-hydrogen) atoms. The van der Waals surface area contributed by atoms with Gasteiger partial charge >= 0.3 is 11.3 Å². The summed E-state index contributed by atoms with van der Waals surface area (Å²) in [5.41, 5.74) is 2.18. The van der Waals surface area contributed by atoms with Gasteiger partial charge in [0.05, 0.1) is 19.6 Å². The summed E-state index contributed by atoms with van der Waals surface area (Å²) in [5.74, 6) is -0.327. The predicted molar refractivity (Wildman–Crippen MR) is 72.2 cm³/mol. The van der Waals surface area contributed by atoms with Gasteiger partial charge in [-0.1, -0.05) is 12.1 Å². The first-order valence-corrected chi connectivity index (χ1v) is 7.00. The summed E-state index contributed by atoms with van der Waals surface area (Å²) in [4.78, 5) is 24.0. The average Bonchev–Trinajstić information content (AvgIpc) is 2.83. The smallest absolute Gasteiger partial charge is 0.372 e. The predicted octanol–water partition coefficient (Wildman–Crippen LogP) is 2.82. The highest BCUT2D eigenvalue weighted by Gasteiger charge is 2.30. The minimum absolute atomic E-state index is 0.135. The standard InChI is InChI=1S/C14H16O4S/c1-3-18-14(16)19-12-6-4-5-9-7-10(8-11(9)12)13(15)17-2/h4-6,10H,3,7-8H2,1-2H3/t10-/m0/s1. The molecular formula is C14H16O4S. The molecule has 0 saturated carbocycles. The number of fused-ring (bicyclic) bond motifs is 1. The van der Waals surface area contributed by atoms with Gasteiger partial charge in [-0.3, -0.25) is 4.79 Å². The van der Waals surface area contributed by atoms with Gasteiger partial charge in [-0.15, -0.1) is 0 Å². The van der Waals surface area contributed by atoms with Crippen molar-refractivity contribution in [2.24, 2.45) is 5.92 Å². The Morgan fingerprint density at radius 2 is 2.16 bits per heavy atom. The lowest BCUT2D eigenvalue weighted by Gasteiger charge is -2.07. The Balaban J connectivity index is 2.16. The third-order valence-electron chi connectivity index (χ3n) is 3.14. The number of methoxy groups -OCH3 is 1. The third kappa shape index (κ3) is 3.10. The molecule has 0 saturated heterocycles. The summed E-state index contributed by atoms with van der Waals surface area (Å²) in [6, 6.07) is 5.79. The maximum atomic E-state index is 11.6. The van der Waals surface area contributed by atoms with Crippen molar-refractivity contribution in [3.63, 3.8) is 0 Å². The van der Waals surface area contributed by atoms with Gasteiger partial charge in [-0.05, 0) is 48.7 Å². The maximum absolute atomic E-state index is 11.6. The largest absolute Gasteiger partial charge is 0.469 e. The van der Waals surface area contributed by atoms with Gasteiger partial charge in [0.2, 0.25) is 0 Å². The van der Waals surface area contributed by atoms with Crippen molar-refractivity contribution in [3.8, 4) is 0 Å². The van der Waals surface area contributed by atoms with E-state index in [4.69, 9.17) is 9.47 Å². The molecular weight excluding hydrogens is 264 g/mol. The summed E-state index contributed by atoms with van der Waals surface area (Å²) < 4.78 is 9.72. The normalized spacial score (nSPS) is 16.8. The molecule has 5 heteroatoms. The molecule has 1 atom stereocenters. The summed E-state index contributed by atoms with van der Waals surface area (Å²) >= 11 is 1.08. The molecule has 1 aromatic rings. The van der Waals surface area contributed by atoms with Crippen molar-refractivity contribution < 1.29 is 19.1 Å². The molecule has 0 N–H and O–H groups in total. The molecule has 0 spiro atoms. The van der Waals surface area contributed by atoms with Crippen LogP contribution in [0.2, 0.25) is 0 Å². The second-order valence-corrected chi connectivity index (χ2v) is 5.28. The van der Waals surface area contributed by atoms with Crippen LogP contribution in [0, 0.1) is 5.92 Å². The molecule has 0 radical (unpaired) electrons. The molecule has 0 aromatic heterocycles. The van der Waals surface area contributed by atoms with E-state index < -0.39 is 0 Å². The second kappa shape index (κ2) is 6.10. The highest BCUT2D eigenvalue weighted by atomic mass is 32.2. The molecule has 4 nitrogen and oxygen atoms in total. The maximum Gasteiger partial charge on any atom is 0.372 e. The van der Waals surface area contributed by atoms with Crippen molar-refractivity contribution in [2.75, 3.05) is 13.7 Å². The van der Waals surface area contributed by atoms with Crippen LogP contribution in [0.25, 0.3) is 0 Å². The Hall–Kier alpha value is -1.49. The van der Waals surface area contributed by atoms with E-state index in [0.717, 1.165) is 27.8 Å². The zero-order valence-corrected chi connectivity index (χ0v) is 11.8. The third-order valence-corrected chi connectivity index (χ3v) is 4.02. The van der Waals surface area contributed by atoms with E-state index in [2.05, 4.69) is 0 Å². The van der Waals surface area contributed by atoms with E-state index in [1.165, 1.54) is 7.11 Å². The second-order valence-electron chi connectivity index (χ2n) is 4.31. The summed E-state index contributed by atoms with van der Waals surface area (Å²) in [6.45, 7) is 2.15. The average molecular weight is 280 g/mol. The van der Waals surface area contributed by atoms with Gasteiger partial charge in [-0.2, -0.15) is 0 Å². The van der Waals surface area contributed by atoms with Gasteiger partial charge in [0, 0.05) is 4.90 Å². The van der Waals surface area contributed by atoms with Gasteiger partial charge in [0.25, 0.3) is 0 Å². The number of carbonyl (C=O) groups is 2. The molecule has 0 aliphatic heterocycles. The zero-order chi connectivity index (χ0) is 13.8. The molecule has 0 fully saturated rings. The lowest BCUT2D eigenvalue weighted by molar-refractivity contribution is -0.145. The highest BCUT2D eigenvalue weighted by Crippen LogP contribution is 2.35. The van der Waals surface area contributed by atoms with Crippen LogP contribution in [0.5, 0.6) is 0 Å². The molecule has 1 aliphatic carbocycles. The molecule has 102 valence electrons. The van der Waals surface area contributed by atoms with Crippen molar-refractivity contribution in [2.45, 2.75) is 24.7 Å². The Morgan fingerprint density at radius 3 is 2.84 bits per heavy atom. The number of rotatable bonds is 3. The monoisotopic (exact) mass is 280 g/mol. The Bertz CT molecular complexity index is 498. The number of ether oxygens (including phenoxy) is 2. The highest BCUT2D eigenvalue weighted by molar-refractivity contribution is 8.13. The molecule has 2 rings (SSSR count). The van der Waals surface area contributed by atoms with Crippen molar-refractivity contribution in [1.29, 1.82) is 0 Å². The van der Waals surface area contributed by atoms with Crippen LogP contribution in [0.1, 0.15) is 18.1 Å². The molecule has 0 unspecified atom stereocenters. The number of esters is 1. The topological polar surface area (TPSA) is 52.6 Å². The van der Waals surface area contributed by atoms with Crippen LogP contribution < -0.4 is 0 Å². The van der Waals surface area contributed by atoms with E-state index in [1.807, 2.05) is 18.2 Å². The lowest BCUT2D eigenvalue weighted by atomic mass is 10.1. The molecule has 1 aliphatic rings. The lowest BCUT2D eigenvalue weighted by Crippen LogP contribution is -2.16. The quantitative estimate of drug-likeness (QED) is 0.629. The van der Waals surface area contributed by atoms with Gasteiger partial charge < -0.3 is 9.47 Å². The van der Waals surface area contributed by atoms with Crippen molar-refractivity contribution in [1.82, 2.24) is 0 Å². The molecule has 0 heterocycles. The van der Waals surface area contributed by atoms with Crippen molar-refractivity contribution in [3.05, 3.63) is 29.3 Å². The van der Waals surface area contributed by atoms with E-state index in [0.29, 0.717) is 19.4 Å². The Kier molecular flexibility index (Phi) is 4.47. The van der Waals surface area contributed by atoms with Crippen LogP contribution in [-0.2, 0) is 27.1 Å². The van der Waals surface area contributed by atoms with Gasteiger partial charge in [0.1, 0.15) is 0 Å². The summed E-state index contributed by atoms with van der Waals surface area (Å²) in [7, 11) is 1.40. The first-order valence-electron chi connectivity index (χ1n) is 6.19. The number of thioether (sulfide) groups is 1. The van der Waals surface area contributed by atoms with E-state index >= 15 is 0 Å². The van der Waals surface area contributed by atoms with Crippen LogP contribution in [-0.4, -0.2) is 25.0 Å². The van der Waals surface area contributed by atoms with Gasteiger partial charge in [-0.25, -0.2) is 4.79 Å². The van der Waals surface area contributed by atoms with Crippen LogP contribution in [0.3, 0.4) is 0 Å². The van der Waals surface area contributed by atoms with E-state index in [1.54, 1.807) is 6.92 Å². The number of hydrogen-bond acceptors (Lipinski definition) is 5. The zero-order valence-electron chi connectivity index (χ0n) is 11.0. The number of hydrogen-bond donors (Lipinski definition) is 0. The molecule has 0 bridgehead atoms. The van der Waals surface area contributed by atoms with E-state index in [-0.39, 0.29) is 17.2 Å². The summed E-state index contributed by atoms with van der Waals surface area (Å²) in [6.07, 6.45) is 1.31. The number of benzene rings is 1. The van der Waals surface area contributed by atoms with Crippen LogP contribution in [0.4, 0.5) is 4.79 Å². The Morgan fingerprint density at radius 1 is 1.37 bits per heavy atom. The first kappa shape index (κ1) is 13.9. The SMILES string of the molecule is CCOC(=O)Sc1cccc2c1C[C@@H](C(=O)OC)C2. The van der Waals surface area contributed by atoms with Gasteiger partial charge in [0.15, 0.2) is 0 Å². The van der Waals surface area contributed by atoms with Crippen LogP contribution in [0.15, 0.2) is 23.1 Å². The fourth-order valence-electron chi connectivity index (χ4n) is 2.28. The minimum Gasteiger partial charge on any atom is -0.469 e. The molecule has 0 amide bonds.